The molecule has 6 heteroatoms. The summed E-state index contributed by atoms with van der Waals surface area (Å²) in [6, 6.07) is 0. The summed E-state index contributed by atoms with van der Waals surface area (Å²) in [5, 5.41) is 22.6. The van der Waals surface area contributed by atoms with Gasteiger partial charge in [-0.2, -0.15) is 0 Å². The Labute approximate surface area is 62.2 Å². The molecule has 0 aliphatic heterocycles. The topological polar surface area (TPSA) is 81.2 Å². The van der Waals surface area contributed by atoms with Crippen molar-refractivity contribution >= 4 is 5.69 Å². The van der Waals surface area contributed by atoms with Crippen molar-refractivity contribution in [2.75, 3.05) is 0 Å². The third kappa shape index (κ3) is 1.02. The lowest BCUT2D eigenvalue weighted by Gasteiger charge is -1.89. The second-order valence-electron chi connectivity index (χ2n) is 2.14. The molecule has 1 N–H and O–H groups in total. The minimum Gasteiger partial charge on any atom is -0.487 e. The zero-order valence-electron chi connectivity index (χ0n) is 6.11. The molecule has 0 fully saturated rings. The maximum atomic E-state index is 10.2. The predicted octanol–water partition coefficient (Wildman–Crippen LogP) is 0.342. The van der Waals surface area contributed by atoms with Crippen LogP contribution in [0.15, 0.2) is 0 Å². The first-order valence-corrected chi connectivity index (χ1v) is 2.91. The molecule has 0 spiro atoms. The van der Waals surface area contributed by atoms with Gasteiger partial charge in [-0.1, -0.05) is 0 Å². The van der Waals surface area contributed by atoms with Gasteiger partial charge in [-0.05, 0) is 6.92 Å². The van der Waals surface area contributed by atoms with Gasteiger partial charge in [-0.3, -0.25) is 14.8 Å². The summed E-state index contributed by atoms with van der Waals surface area (Å²) < 4.78 is 1.26. The first-order valence-electron chi connectivity index (χ1n) is 2.91. The molecule has 11 heavy (non-hydrogen) atoms. The number of hydrogen-bond acceptors (Lipinski definition) is 4. The number of aryl methyl sites for hydroxylation is 1. The number of aromatic hydroxyl groups is 1. The van der Waals surface area contributed by atoms with Crippen molar-refractivity contribution in [1.82, 2.24) is 9.78 Å². The lowest BCUT2D eigenvalue weighted by atomic mass is 10.4. The Hall–Kier alpha value is -1.59. The molecule has 60 valence electrons. The molecule has 0 unspecified atom stereocenters. The van der Waals surface area contributed by atoms with Crippen LogP contribution in [0.5, 0.6) is 5.88 Å². The second-order valence-corrected chi connectivity index (χ2v) is 2.14. The lowest BCUT2D eigenvalue weighted by molar-refractivity contribution is -0.386. The quantitative estimate of drug-likeness (QED) is 0.470. The average molecular weight is 157 g/mol. The highest BCUT2D eigenvalue weighted by Crippen LogP contribution is 2.26. The molecule has 1 aromatic heterocycles. The van der Waals surface area contributed by atoms with Crippen LogP contribution in [-0.4, -0.2) is 19.8 Å². The van der Waals surface area contributed by atoms with Gasteiger partial charge in [0.05, 0.1) is 4.92 Å². The van der Waals surface area contributed by atoms with E-state index in [0.717, 1.165) is 0 Å². The summed E-state index contributed by atoms with van der Waals surface area (Å²) in [5.41, 5.74) is 0.0139. The van der Waals surface area contributed by atoms with Crippen LogP contribution in [0, 0.1) is 17.0 Å². The first kappa shape index (κ1) is 7.52. The zero-order valence-corrected chi connectivity index (χ0v) is 6.11. The van der Waals surface area contributed by atoms with Crippen molar-refractivity contribution in [2.45, 2.75) is 6.92 Å². The smallest absolute Gasteiger partial charge is 0.352 e. The Morgan fingerprint density at radius 1 is 1.73 bits per heavy atom. The maximum Gasteiger partial charge on any atom is 0.352 e. The molecule has 1 aromatic rings. The summed E-state index contributed by atoms with van der Waals surface area (Å²) in [7, 11) is 1.53. The van der Waals surface area contributed by atoms with Gasteiger partial charge >= 0.3 is 11.6 Å². The molecule has 1 heterocycles. The molecule has 0 radical (unpaired) electrons. The van der Waals surface area contributed by atoms with Crippen molar-refractivity contribution in [3.05, 3.63) is 15.8 Å². The van der Waals surface area contributed by atoms with E-state index in [1.807, 2.05) is 0 Å². The fourth-order valence-corrected chi connectivity index (χ4v) is 0.793. The van der Waals surface area contributed by atoms with Crippen molar-refractivity contribution in [3.8, 4) is 5.88 Å². The Bertz CT molecular complexity index is 304. The van der Waals surface area contributed by atoms with E-state index in [0.29, 0.717) is 5.69 Å². The standard InChI is InChI=1S/C5H7N3O3/c1-3-4(8(10)11)5(9)6-7(3)2/h1-2H3,(H,6,9). The van der Waals surface area contributed by atoms with E-state index in [-0.39, 0.29) is 5.69 Å². The van der Waals surface area contributed by atoms with Gasteiger partial charge in [-0.25, -0.2) is 0 Å². The van der Waals surface area contributed by atoms with E-state index in [1.165, 1.54) is 18.7 Å². The van der Waals surface area contributed by atoms with Gasteiger partial charge < -0.3 is 5.11 Å². The van der Waals surface area contributed by atoms with Crippen molar-refractivity contribution in [2.24, 2.45) is 7.05 Å². The first-order chi connectivity index (χ1) is 5.04. The highest BCUT2D eigenvalue weighted by atomic mass is 16.6. The number of rotatable bonds is 1. The fraction of sp³-hybridized carbons (Fsp3) is 0.400. The molecule has 0 aliphatic carbocycles. The molecule has 1 rings (SSSR count). The van der Waals surface area contributed by atoms with Crippen LogP contribution in [0.4, 0.5) is 5.69 Å². The highest BCUT2D eigenvalue weighted by molar-refractivity contribution is 5.44. The number of aromatic nitrogens is 2. The zero-order chi connectivity index (χ0) is 8.59. The summed E-state index contributed by atoms with van der Waals surface area (Å²) in [4.78, 5) is 9.59. The Morgan fingerprint density at radius 2 is 2.27 bits per heavy atom. The lowest BCUT2D eigenvalue weighted by Crippen LogP contribution is -1.94. The minimum atomic E-state index is -0.655. The number of nitro groups is 1. The third-order valence-corrected chi connectivity index (χ3v) is 1.47. The van der Waals surface area contributed by atoms with Crippen LogP contribution < -0.4 is 0 Å². The Kier molecular flexibility index (Phi) is 1.52. The van der Waals surface area contributed by atoms with Gasteiger partial charge in [0.1, 0.15) is 5.69 Å². The van der Waals surface area contributed by atoms with E-state index >= 15 is 0 Å². The minimum absolute atomic E-state index is 0.326. The predicted molar refractivity (Wildman–Crippen MR) is 36.3 cm³/mol. The molecular weight excluding hydrogens is 150 g/mol. The van der Waals surface area contributed by atoms with E-state index in [1.54, 1.807) is 0 Å². The normalized spacial score (nSPS) is 10.0. The molecule has 0 aliphatic rings. The summed E-state index contributed by atoms with van der Waals surface area (Å²) in [6.07, 6.45) is 0. The SMILES string of the molecule is Cc1c([N+](=O)[O-])c(O)nn1C. The molecular formula is C5H7N3O3. The van der Waals surface area contributed by atoms with Gasteiger partial charge in [0.15, 0.2) is 0 Å². The van der Waals surface area contributed by atoms with Crippen molar-refractivity contribution in [1.29, 1.82) is 0 Å². The van der Waals surface area contributed by atoms with Crippen molar-refractivity contribution in [3.63, 3.8) is 0 Å². The molecule has 0 bridgehead atoms. The van der Waals surface area contributed by atoms with Gasteiger partial charge in [0, 0.05) is 7.05 Å². The molecule has 0 aromatic carbocycles. The van der Waals surface area contributed by atoms with E-state index in [2.05, 4.69) is 5.10 Å². The fourth-order valence-electron chi connectivity index (χ4n) is 0.793. The summed E-state index contributed by atoms with van der Waals surface area (Å²) in [5.74, 6) is -0.532. The molecule has 6 nitrogen and oxygen atoms in total. The Balaban J connectivity index is 3.34. The van der Waals surface area contributed by atoms with Crippen LogP contribution in [0.3, 0.4) is 0 Å². The summed E-state index contributed by atoms with van der Waals surface area (Å²) in [6.45, 7) is 1.52. The molecule has 0 amide bonds. The molecule has 0 atom stereocenters. The maximum absolute atomic E-state index is 10.2. The van der Waals surface area contributed by atoms with Crippen molar-refractivity contribution < 1.29 is 10.0 Å². The van der Waals surface area contributed by atoms with E-state index < -0.39 is 10.8 Å². The van der Waals surface area contributed by atoms with Crippen LogP contribution in [0.1, 0.15) is 5.69 Å². The monoisotopic (exact) mass is 157 g/mol. The second kappa shape index (κ2) is 2.22. The van der Waals surface area contributed by atoms with Gasteiger partial charge in [0.2, 0.25) is 0 Å². The number of hydrogen-bond donors (Lipinski definition) is 1. The van der Waals surface area contributed by atoms with Gasteiger partial charge in [-0.15, -0.1) is 5.10 Å². The van der Waals surface area contributed by atoms with E-state index in [9.17, 15) is 10.1 Å². The Morgan fingerprint density at radius 3 is 2.45 bits per heavy atom. The van der Waals surface area contributed by atoms with Gasteiger partial charge in [0.25, 0.3) is 0 Å². The number of nitrogens with zero attached hydrogens (tertiary/aromatic N) is 3. The molecule has 0 saturated carbocycles. The third-order valence-electron chi connectivity index (χ3n) is 1.47. The van der Waals surface area contributed by atoms with Crippen LogP contribution in [0.25, 0.3) is 0 Å². The highest BCUT2D eigenvalue weighted by Gasteiger charge is 2.22. The van der Waals surface area contributed by atoms with Crippen LogP contribution in [0.2, 0.25) is 0 Å². The summed E-state index contributed by atoms with van der Waals surface area (Å²) >= 11 is 0. The van der Waals surface area contributed by atoms with E-state index in [4.69, 9.17) is 5.11 Å². The average Bonchev–Trinajstić information content (AvgIpc) is 2.07. The van der Waals surface area contributed by atoms with Crippen LogP contribution >= 0.6 is 0 Å². The molecule has 0 saturated heterocycles. The largest absolute Gasteiger partial charge is 0.487 e. The van der Waals surface area contributed by atoms with Crippen LogP contribution in [-0.2, 0) is 7.05 Å².